The Morgan fingerprint density at radius 2 is 1.72 bits per heavy atom. The first-order chi connectivity index (χ1) is 8.51. The van der Waals surface area contributed by atoms with E-state index in [9.17, 15) is 8.78 Å². The number of rotatable bonds is 2. The maximum atomic E-state index is 13.9. The molecule has 1 N–H and O–H groups in total. The van der Waals surface area contributed by atoms with Crippen molar-refractivity contribution in [3.8, 4) is 0 Å². The molecule has 5 heteroatoms. The Balaban J connectivity index is 2.32. The lowest BCUT2D eigenvalue weighted by Gasteiger charge is -2.36. The Kier molecular flexibility index (Phi) is 4.12. The number of hydrogen-bond acceptors (Lipinski definition) is 3. The maximum absolute atomic E-state index is 13.9. The van der Waals surface area contributed by atoms with E-state index in [1.807, 2.05) is 11.8 Å². The smallest absolute Gasteiger partial charge is 0.149 e. The first kappa shape index (κ1) is 13.6. The third-order valence-electron chi connectivity index (χ3n) is 3.00. The van der Waals surface area contributed by atoms with Crippen LogP contribution < -0.4 is 4.90 Å². The van der Waals surface area contributed by atoms with Crippen LogP contribution in [0.1, 0.15) is 19.4 Å². The second-order valence-corrected chi connectivity index (χ2v) is 6.61. The summed E-state index contributed by atoms with van der Waals surface area (Å²) in [6.07, 6.45) is 0. The van der Waals surface area contributed by atoms with E-state index < -0.39 is 11.6 Å². The molecular weight excluding hydrogens is 256 g/mol. The molecule has 0 aromatic heterocycles. The molecule has 0 saturated carbocycles. The molecule has 100 valence electrons. The molecule has 1 fully saturated rings. The first-order valence-electron chi connectivity index (χ1n) is 6.00. The highest BCUT2D eigenvalue weighted by Crippen LogP contribution is 2.32. The molecule has 1 aliphatic rings. The van der Waals surface area contributed by atoms with Gasteiger partial charge in [0.05, 0.1) is 6.61 Å². The SMILES string of the molecule is CC1CN(c2c(F)cc(CO)cc2F)CC(C)S1. The highest BCUT2D eigenvalue weighted by atomic mass is 32.2. The average Bonchev–Trinajstić information content (AvgIpc) is 2.26. The van der Waals surface area contributed by atoms with Gasteiger partial charge >= 0.3 is 0 Å². The van der Waals surface area contributed by atoms with Crippen LogP contribution in [0.5, 0.6) is 0 Å². The number of hydrogen-bond donors (Lipinski definition) is 1. The quantitative estimate of drug-likeness (QED) is 0.896. The summed E-state index contributed by atoms with van der Waals surface area (Å²) in [6, 6.07) is 2.41. The lowest BCUT2D eigenvalue weighted by molar-refractivity contribution is 0.280. The van der Waals surface area contributed by atoms with Crippen LogP contribution in [0, 0.1) is 11.6 Å². The molecule has 1 aliphatic heterocycles. The molecule has 2 unspecified atom stereocenters. The zero-order chi connectivity index (χ0) is 13.3. The van der Waals surface area contributed by atoms with Crippen molar-refractivity contribution < 1.29 is 13.9 Å². The second-order valence-electron chi connectivity index (χ2n) is 4.73. The van der Waals surface area contributed by atoms with Crippen molar-refractivity contribution in [2.24, 2.45) is 0 Å². The van der Waals surface area contributed by atoms with E-state index in [0.717, 1.165) is 0 Å². The van der Waals surface area contributed by atoms with Crippen LogP contribution in [0.3, 0.4) is 0 Å². The molecule has 2 rings (SSSR count). The fraction of sp³-hybridized carbons (Fsp3) is 0.538. The predicted molar refractivity (Wildman–Crippen MR) is 71.0 cm³/mol. The second kappa shape index (κ2) is 5.45. The Morgan fingerprint density at radius 3 is 2.17 bits per heavy atom. The van der Waals surface area contributed by atoms with Crippen molar-refractivity contribution in [2.45, 2.75) is 31.0 Å². The van der Waals surface area contributed by atoms with Gasteiger partial charge in [-0.2, -0.15) is 11.8 Å². The fourth-order valence-corrected chi connectivity index (χ4v) is 3.70. The van der Waals surface area contributed by atoms with Gasteiger partial charge in [-0.15, -0.1) is 0 Å². The van der Waals surface area contributed by atoms with Crippen molar-refractivity contribution >= 4 is 17.4 Å². The molecule has 0 radical (unpaired) electrons. The summed E-state index contributed by atoms with van der Waals surface area (Å²) in [4.78, 5) is 1.76. The van der Waals surface area contributed by atoms with Crippen LogP contribution in [0.25, 0.3) is 0 Å². The standard InChI is InChI=1S/C13H17F2NOS/c1-8-5-16(6-9(2)18-8)13-11(14)3-10(7-17)4-12(13)15/h3-4,8-9,17H,5-7H2,1-2H3. The van der Waals surface area contributed by atoms with Gasteiger partial charge in [-0.3, -0.25) is 0 Å². The molecule has 0 amide bonds. The summed E-state index contributed by atoms with van der Waals surface area (Å²) >= 11 is 1.83. The van der Waals surface area contributed by atoms with Crippen molar-refractivity contribution in [2.75, 3.05) is 18.0 Å². The van der Waals surface area contributed by atoms with Crippen LogP contribution in [0.2, 0.25) is 0 Å². The van der Waals surface area contributed by atoms with Crippen molar-refractivity contribution in [3.63, 3.8) is 0 Å². The highest BCUT2D eigenvalue weighted by molar-refractivity contribution is 8.00. The molecule has 0 bridgehead atoms. The lowest BCUT2D eigenvalue weighted by Crippen LogP contribution is -2.41. The largest absolute Gasteiger partial charge is 0.392 e. The van der Waals surface area contributed by atoms with E-state index in [1.54, 1.807) is 4.90 Å². The number of thioether (sulfide) groups is 1. The Bertz CT molecular complexity index is 408. The highest BCUT2D eigenvalue weighted by Gasteiger charge is 2.26. The normalized spacial score (nSPS) is 24.4. The molecule has 1 aromatic carbocycles. The van der Waals surface area contributed by atoms with Gasteiger partial charge in [-0.25, -0.2) is 8.78 Å². The molecule has 1 heterocycles. The summed E-state index contributed by atoms with van der Waals surface area (Å²) < 4.78 is 27.9. The first-order valence-corrected chi connectivity index (χ1v) is 6.94. The molecule has 2 atom stereocenters. The monoisotopic (exact) mass is 273 g/mol. The zero-order valence-electron chi connectivity index (χ0n) is 10.5. The Morgan fingerprint density at radius 1 is 1.22 bits per heavy atom. The van der Waals surface area contributed by atoms with Gasteiger partial charge in [0, 0.05) is 23.6 Å². The summed E-state index contributed by atoms with van der Waals surface area (Å²) in [7, 11) is 0. The fourth-order valence-electron chi connectivity index (χ4n) is 2.37. The minimum Gasteiger partial charge on any atom is -0.392 e. The number of anilines is 1. The number of aliphatic hydroxyl groups excluding tert-OH is 1. The molecule has 1 aromatic rings. The van der Waals surface area contributed by atoms with E-state index in [-0.39, 0.29) is 17.9 Å². The number of aliphatic hydroxyl groups is 1. The van der Waals surface area contributed by atoms with Crippen LogP contribution in [0.4, 0.5) is 14.5 Å². The van der Waals surface area contributed by atoms with Gasteiger partial charge in [0.1, 0.15) is 17.3 Å². The molecule has 18 heavy (non-hydrogen) atoms. The predicted octanol–water partition coefficient (Wildman–Crippen LogP) is 2.79. The number of halogens is 2. The van der Waals surface area contributed by atoms with E-state index in [0.29, 0.717) is 23.6 Å². The van der Waals surface area contributed by atoms with Gasteiger partial charge in [0.25, 0.3) is 0 Å². The third kappa shape index (κ3) is 2.78. The van der Waals surface area contributed by atoms with Gasteiger partial charge in [-0.1, -0.05) is 13.8 Å². The minimum absolute atomic E-state index is 0.0335. The van der Waals surface area contributed by atoms with Crippen LogP contribution in [0.15, 0.2) is 12.1 Å². The van der Waals surface area contributed by atoms with Crippen LogP contribution in [-0.4, -0.2) is 28.7 Å². The average molecular weight is 273 g/mol. The van der Waals surface area contributed by atoms with Crippen molar-refractivity contribution in [1.82, 2.24) is 0 Å². The van der Waals surface area contributed by atoms with Gasteiger partial charge < -0.3 is 10.0 Å². The van der Waals surface area contributed by atoms with Gasteiger partial charge in [-0.05, 0) is 17.7 Å². The van der Waals surface area contributed by atoms with Crippen LogP contribution in [-0.2, 0) is 6.61 Å². The van der Waals surface area contributed by atoms with Gasteiger partial charge in [0.2, 0.25) is 0 Å². The van der Waals surface area contributed by atoms with E-state index >= 15 is 0 Å². The topological polar surface area (TPSA) is 23.5 Å². The van der Waals surface area contributed by atoms with Crippen molar-refractivity contribution in [3.05, 3.63) is 29.3 Å². The minimum atomic E-state index is -0.592. The zero-order valence-corrected chi connectivity index (χ0v) is 11.3. The Hall–Kier alpha value is -0.810. The van der Waals surface area contributed by atoms with E-state index in [4.69, 9.17) is 5.11 Å². The summed E-state index contributed by atoms with van der Waals surface area (Å²) in [5.74, 6) is -1.18. The maximum Gasteiger partial charge on any atom is 0.149 e. The van der Waals surface area contributed by atoms with Crippen molar-refractivity contribution in [1.29, 1.82) is 0 Å². The lowest BCUT2D eigenvalue weighted by atomic mass is 10.1. The molecule has 0 spiro atoms. The van der Waals surface area contributed by atoms with Crippen LogP contribution >= 0.6 is 11.8 Å². The molecule has 0 aliphatic carbocycles. The number of nitrogens with zero attached hydrogens (tertiary/aromatic N) is 1. The van der Waals surface area contributed by atoms with E-state index in [2.05, 4.69) is 13.8 Å². The van der Waals surface area contributed by atoms with E-state index in [1.165, 1.54) is 12.1 Å². The summed E-state index contributed by atoms with van der Waals surface area (Å²) in [5.41, 5.74) is 0.299. The molecular formula is C13H17F2NOS. The van der Waals surface area contributed by atoms with Gasteiger partial charge in [0.15, 0.2) is 0 Å². The third-order valence-corrected chi connectivity index (χ3v) is 4.22. The summed E-state index contributed by atoms with van der Waals surface area (Å²) in [6.45, 7) is 5.05. The summed E-state index contributed by atoms with van der Waals surface area (Å²) in [5, 5.41) is 9.63. The Labute approximate surface area is 110 Å². The molecule has 1 saturated heterocycles. The number of benzene rings is 1. The molecule has 2 nitrogen and oxygen atoms in total.